The number of nitrogens with two attached hydrogens (primary N) is 1. The summed E-state index contributed by atoms with van der Waals surface area (Å²) in [6.45, 7) is 6.70. The van der Waals surface area contributed by atoms with E-state index < -0.39 is 11.9 Å². The highest BCUT2D eigenvalue weighted by Crippen LogP contribution is 2.40. The van der Waals surface area contributed by atoms with Crippen LogP contribution < -0.4 is 10.6 Å². The molecule has 142 valence electrons. The molecule has 0 aromatic heterocycles. The van der Waals surface area contributed by atoms with Gasteiger partial charge in [0.2, 0.25) is 5.88 Å². The lowest BCUT2D eigenvalue weighted by Gasteiger charge is -2.30. The molecule has 0 aliphatic carbocycles. The summed E-state index contributed by atoms with van der Waals surface area (Å²) in [5.41, 5.74) is 8.30. The Bertz CT molecular complexity index is 815. The van der Waals surface area contributed by atoms with Crippen molar-refractivity contribution in [3.05, 3.63) is 52.6 Å². The third kappa shape index (κ3) is 3.76. The number of nitriles is 1. The van der Waals surface area contributed by atoms with Crippen molar-refractivity contribution in [2.45, 2.75) is 19.8 Å². The van der Waals surface area contributed by atoms with Crippen molar-refractivity contribution in [3.63, 3.8) is 0 Å². The van der Waals surface area contributed by atoms with E-state index in [4.69, 9.17) is 19.9 Å². The fourth-order valence-corrected chi connectivity index (χ4v) is 3.39. The largest absolute Gasteiger partial charge is 0.463 e. The molecular formula is C20H23N3O4. The van der Waals surface area contributed by atoms with Gasteiger partial charge in [-0.3, -0.25) is 0 Å². The minimum absolute atomic E-state index is 0.0188. The van der Waals surface area contributed by atoms with Gasteiger partial charge < -0.3 is 24.8 Å². The zero-order valence-corrected chi connectivity index (χ0v) is 15.5. The number of benzene rings is 1. The summed E-state index contributed by atoms with van der Waals surface area (Å²) in [5.74, 6) is -0.739. The topological polar surface area (TPSA) is 97.8 Å². The van der Waals surface area contributed by atoms with Crippen molar-refractivity contribution in [1.82, 2.24) is 0 Å². The fourth-order valence-electron chi connectivity index (χ4n) is 3.39. The van der Waals surface area contributed by atoms with Gasteiger partial charge in [-0.05, 0) is 31.5 Å². The lowest BCUT2D eigenvalue weighted by molar-refractivity contribution is -0.139. The summed E-state index contributed by atoms with van der Waals surface area (Å²) in [5, 5.41) is 9.60. The van der Waals surface area contributed by atoms with Gasteiger partial charge in [0.05, 0.1) is 31.3 Å². The van der Waals surface area contributed by atoms with Crippen LogP contribution in [0.15, 0.2) is 47.1 Å². The van der Waals surface area contributed by atoms with Gasteiger partial charge in [0.1, 0.15) is 17.4 Å². The first-order valence-electron chi connectivity index (χ1n) is 8.95. The molecule has 7 heteroatoms. The van der Waals surface area contributed by atoms with E-state index in [1.807, 2.05) is 24.3 Å². The Kier molecular flexibility index (Phi) is 5.67. The molecule has 0 bridgehead atoms. The average molecular weight is 369 g/mol. The molecule has 1 saturated heterocycles. The molecule has 27 heavy (non-hydrogen) atoms. The van der Waals surface area contributed by atoms with Crippen LogP contribution in [0.3, 0.4) is 0 Å². The predicted octanol–water partition coefficient (Wildman–Crippen LogP) is 2.17. The molecule has 1 unspecified atom stereocenters. The Morgan fingerprint density at radius 3 is 2.59 bits per heavy atom. The second kappa shape index (κ2) is 8.14. The molecule has 2 aliphatic rings. The molecule has 2 N–H and O–H groups in total. The van der Waals surface area contributed by atoms with E-state index in [1.54, 1.807) is 13.8 Å². The Morgan fingerprint density at radius 1 is 1.33 bits per heavy atom. The fraction of sp³-hybridized carbons (Fsp3) is 0.400. The van der Waals surface area contributed by atoms with E-state index in [0.717, 1.165) is 24.3 Å². The maximum Gasteiger partial charge on any atom is 0.338 e. The Hall–Kier alpha value is -2.98. The monoisotopic (exact) mass is 369 g/mol. The second-order valence-corrected chi connectivity index (χ2v) is 6.31. The Balaban J connectivity index is 1.97. The van der Waals surface area contributed by atoms with Crippen molar-refractivity contribution < 1.29 is 19.0 Å². The van der Waals surface area contributed by atoms with E-state index in [-0.39, 0.29) is 18.1 Å². The molecule has 1 atom stereocenters. The number of ether oxygens (including phenoxy) is 3. The van der Waals surface area contributed by atoms with Crippen molar-refractivity contribution in [3.8, 4) is 6.07 Å². The van der Waals surface area contributed by atoms with E-state index in [2.05, 4.69) is 11.0 Å². The van der Waals surface area contributed by atoms with Gasteiger partial charge in [0.15, 0.2) is 0 Å². The summed E-state index contributed by atoms with van der Waals surface area (Å²) >= 11 is 0. The Labute approximate surface area is 158 Å². The van der Waals surface area contributed by atoms with Crippen LogP contribution in [0.2, 0.25) is 0 Å². The smallest absolute Gasteiger partial charge is 0.338 e. The third-order valence-corrected chi connectivity index (χ3v) is 4.70. The second-order valence-electron chi connectivity index (χ2n) is 6.31. The SMILES string of the molecule is CCOC(=O)C1=C(C)OC(N)=C(C#N)C1c1ccc(N2CCOCC2)cc1. The summed E-state index contributed by atoms with van der Waals surface area (Å²) in [6, 6.07) is 9.89. The van der Waals surface area contributed by atoms with Crippen molar-refractivity contribution in [1.29, 1.82) is 5.26 Å². The highest BCUT2D eigenvalue weighted by molar-refractivity contribution is 5.92. The van der Waals surface area contributed by atoms with Crippen LogP contribution in [0.1, 0.15) is 25.3 Å². The molecule has 0 amide bonds. The number of hydrogen-bond donors (Lipinski definition) is 1. The first kappa shape index (κ1) is 18.8. The molecule has 0 saturated carbocycles. The van der Waals surface area contributed by atoms with Crippen LogP contribution in [0.5, 0.6) is 0 Å². The normalized spacial score (nSPS) is 20.2. The average Bonchev–Trinajstić information content (AvgIpc) is 2.68. The van der Waals surface area contributed by atoms with Crippen LogP contribution in [0.25, 0.3) is 0 Å². The van der Waals surface area contributed by atoms with Gasteiger partial charge in [-0.25, -0.2) is 4.79 Å². The van der Waals surface area contributed by atoms with Gasteiger partial charge in [-0.1, -0.05) is 12.1 Å². The van der Waals surface area contributed by atoms with Crippen LogP contribution in [-0.4, -0.2) is 38.9 Å². The lowest BCUT2D eigenvalue weighted by Crippen LogP contribution is -2.36. The molecular weight excluding hydrogens is 346 g/mol. The summed E-state index contributed by atoms with van der Waals surface area (Å²) in [4.78, 5) is 14.8. The maximum absolute atomic E-state index is 12.5. The molecule has 0 spiro atoms. The predicted molar refractivity (Wildman–Crippen MR) is 99.5 cm³/mol. The van der Waals surface area contributed by atoms with Gasteiger partial charge in [0, 0.05) is 18.8 Å². The Morgan fingerprint density at radius 2 is 2.00 bits per heavy atom. The number of hydrogen-bond acceptors (Lipinski definition) is 7. The quantitative estimate of drug-likeness (QED) is 0.812. The number of carbonyl (C=O) groups is 1. The van der Waals surface area contributed by atoms with E-state index in [0.29, 0.717) is 24.5 Å². The number of esters is 1. The standard InChI is InChI=1S/C20H23N3O4/c1-3-26-20(24)17-13(2)27-19(22)16(12-21)18(17)14-4-6-15(7-5-14)23-8-10-25-11-9-23/h4-7,18H,3,8-11,22H2,1-2H3. The first-order valence-corrected chi connectivity index (χ1v) is 8.95. The van der Waals surface area contributed by atoms with E-state index >= 15 is 0 Å². The van der Waals surface area contributed by atoms with Crippen LogP contribution >= 0.6 is 0 Å². The number of anilines is 1. The van der Waals surface area contributed by atoms with Gasteiger partial charge in [-0.2, -0.15) is 5.26 Å². The van der Waals surface area contributed by atoms with Gasteiger partial charge >= 0.3 is 5.97 Å². The molecule has 3 rings (SSSR count). The molecule has 1 aromatic rings. The zero-order valence-electron chi connectivity index (χ0n) is 15.5. The van der Waals surface area contributed by atoms with Gasteiger partial charge in [-0.15, -0.1) is 0 Å². The number of allylic oxidation sites excluding steroid dienone is 2. The van der Waals surface area contributed by atoms with Crippen molar-refractivity contribution in [2.75, 3.05) is 37.8 Å². The summed E-state index contributed by atoms with van der Waals surface area (Å²) in [6.07, 6.45) is 0. The minimum atomic E-state index is -0.610. The lowest BCUT2D eigenvalue weighted by atomic mass is 9.83. The van der Waals surface area contributed by atoms with Crippen LogP contribution in [0.4, 0.5) is 5.69 Å². The highest BCUT2D eigenvalue weighted by atomic mass is 16.5. The number of carbonyl (C=O) groups excluding carboxylic acids is 1. The minimum Gasteiger partial charge on any atom is -0.463 e. The molecule has 1 aromatic carbocycles. The number of nitrogens with zero attached hydrogens (tertiary/aromatic N) is 2. The van der Waals surface area contributed by atoms with E-state index in [9.17, 15) is 10.1 Å². The molecule has 2 heterocycles. The van der Waals surface area contributed by atoms with E-state index in [1.165, 1.54) is 0 Å². The van der Waals surface area contributed by atoms with Crippen molar-refractivity contribution >= 4 is 11.7 Å². The summed E-state index contributed by atoms with van der Waals surface area (Å²) < 4.78 is 16.0. The number of rotatable bonds is 4. The maximum atomic E-state index is 12.5. The zero-order chi connectivity index (χ0) is 19.4. The summed E-state index contributed by atoms with van der Waals surface area (Å²) in [7, 11) is 0. The first-order chi connectivity index (χ1) is 13.1. The molecule has 0 radical (unpaired) electrons. The van der Waals surface area contributed by atoms with Crippen LogP contribution in [-0.2, 0) is 19.0 Å². The molecule has 2 aliphatic heterocycles. The number of morpholine rings is 1. The molecule has 1 fully saturated rings. The molecule has 7 nitrogen and oxygen atoms in total. The van der Waals surface area contributed by atoms with Crippen molar-refractivity contribution in [2.24, 2.45) is 5.73 Å². The highest BCUT2D eigenvalue weighted by Gasteiger charge is 2.36. The third-order valence-electron chi connectivity index (χ3n) is 4.70. The van der Waals surface area contributed by atoms with Crippen LogP contribution in [0, 0.1) is 11.3 Å². The van der Waals surface area contributed by atoms with Gasteiger partial charge in [0.25, 0.3) is 0 Å².